The third-order valence-corrected chi connectivity index (χ3v) is 8.38. The maximum Gasteiger partial charge on any atom is 0.243 e. The molecule has 1 aromatic heterocycles. The zero-order valence-electron chi connectivity index (χ0n) is 20.9. The van der Waals surface area contributed by atoms with Crippen molar-refractivity contribution in [3.05, 3.63) is 76.2 Å². The molecule has 36 heavy (non-hydrogen) atoms. The number of rotatable bonds is 7. The lowest BCUT2D eigenvalue weighted by Crippen LogP contribution is -2.20. The fourth-order valence-electron chi connectivity index (χ4n) is 4.32. The lowest BCUT2D eigenvalue weighted by Gasteiger charge is -2.19. The van der Waals surface area contributed by atoms with Gasteiger partial charge in [-0.2, -0.15) is 5.26 Å². The van der Waals surface area contributed by atoms with Gasteiger partial charge in [-0.05, 0) is 60.4 Å². The fourth-order valence-corrected chi connectivity index (χ4v) is 6.65. The Kier molecular flexibility index (Phi) is 8.17. The van der Waals surface area contributed by atoms with Crippen molar-refractivity contribution in [3.63, 3.8) is 0 Å². The number of anilines is 2. The van der Waals surface area contributed by atoms with Crippen molar-refractivity contribution in [2.75, 3.05) is 10.6 Å². The van der Waals surface area contributed by atoms with Gasteiger partial charge < -0.3 is 10.6 Å². The number of carbonyl (C=O) groups is 2. The highest BCUT2D eigenvalue weighted by Gasteiger charge is 2.27. The van der Waals surface area contributed by atoms with Crippen LogP contribution in [0.1, 0.15) is 66.9 Å². The summed E-state index contributed by atoms with van der Waals surface area (Å²) in [7, 11) is 0. The topological polar surface area (TPSA) is 82.0 Å². The molecule has 3 aromatic rings. The summed E-state index contributed by atoms with van der Waals surface area (Å²) in [6.07, 6.45) is 4.49. The standard InChI is InChI=1S/C29H31N3O2S2/c1-29(2,3)17-25(33)31-20-12-9-13-21(16-20)35-26(19-10-5-4-6-11-19)27(34)32-28-23(18-30)22-14-7-8-15-24(22)36-28/h4-6,9-13,16,26H,7-8,14-15,17H2,1-3H3,(H,31,33)(H,32,34). The first-order valence-corrected chi connectivity index (χ1v) is 13.9. The molecule has 186 valence electrons. The number of aryl methyl sites for hydroxylation is 1. The maximum absolute atomic E-state index is 13.6. The van der Waals surface area contributed by atoms with Crippen LogP contribution in [0, 0.1) is 16.7 Å². The smallest absolute Gasteiger partial charge is 0.243 e. The van der Waals surface area contributed by atoms with E-state index in [1.54, 1.807) is 0 Å². The number of hydrogen-bond donors (Lipinski definition) is 2. The summed E-state index contributed by atoms with van der Waals surface area (Å²) in [6.45, 7) is 6.09. The Morgan fingerprint density at radius 1 is 1.06 bits per heavy atom. The number of nitrogens with zero attached hydrogens (tertiary/aromatic N) is 1. The van der Waals surface area contributed by atoms with Crippen molar-refractivity contribution in [3.8, 4) is 6.07 Å². The zero-order chi connectivity index (χ0) is 25.7. The van der Waals surface area contributed by atoms with E-state index in [4.69, 9.17) is 0 Å². The van der Waals surface area contributed by atoms with Crippen LogP contribution in [0.5, 0.6) is 0 Å². The highest BCUT2D eigenvalue weighted by atomic mass is 32.2. The van der Waals surface area contributed by atoms with E-state index >= 15 is 0 Å². The lowest BCUT2D eigenvalue weighted by atomic mass is 9.92. The van der Waals surface area contributed by atoms with Crippen molar-refractivity contribution in [1.82, 2.24) is 0 Å². The molecular formula is C29H31N3O2S2. The molecule has 1 atom stereocenters. The average Bonchev–Trinajstić information content (AvgIpc) is 3.18. The van der Waals surface area contributed by atoms with E-state index in [0.29, 0.717) is 22.7 Å². The summed E-state index contributed by atoms with van der Waals surface area (Å²) >= 11 is 2.97. The third-order valence-electron chi connectivity index (χ3n) is 5.92. The molecule has 1 unspecified atom stereocenters. The minimum Gasteiger partial charge on any atom is -0.326 e. The molecular weight excluding hydrogens is 486 g/mol. The Hall–Kier alpha value is -3.08. The summed E-state index contributed by atoms with van der Waals surface area (Å²) in [5.41, 5.74) is 3.20. The van der Waals surface area contributed by atoms with E-state index in [0.717, 1.165) is 41.7 Å². The molecule has 5 nitrogen and oxygen atoms in total. The second-order valence-electron chi connectivity index (χ2n) is 10.2. The Morgan fingerprint density at radius 2 is 1.81 bits per heavy atom. The van der Waals surface area contributed by atoms with Crippen LogP contribution in [-0.2, 0) is 22.4 Å². The number of hydrogen-bond acceptors (Lipinski definition) is 5. The predicted octanol–water partition coefficient (Wildman–Crippen LogP) is 7.35. The summed E-state index contributed by atoms with van der Waals surface area (Å²) in [4.78, 5) is 28.1. The molecule has 4 rings (SSSR count). The van der Waals surface area contributed by atoms with E-state index in [1.807, 2.05) is 75.4 Å². The van der Waals surface area contributed by atoms with E-state index < -0.39 is 5.25 Å². The normalized spacial score (nSPS) is 13.8. The minimum atomic E-state index is -0.516. The number of amides is 2. The van der Waals surface area contributed by atoms with Gasteiger partial charge in [-0.25, -0.2) is 0 Å². The van der Waals surface area contributed by atoms with Crippen LogP contribution in [0.15, 0.2) is 59.5 Å². The number of nitrogens with one attached hydrogen (secondary N) is 2. The number of benzene rings is 2. The van der Waals surface area contributed by atoms with Gasteiger partial charge in [-0.3, -0.25) is 9.59 Å². The van der Waals surface area contributed by atoms with Gasteiger partial charge in [-0.1, -0.05) is 57.2 Å². The molecule has 0 aliphatic heterocycles. The highest BCUT2D eigenvalue weighted by Crippen LogP contribution is 2.41. The largest absolute Gasteiger partial charge is 0.326 e. The Balaban J connectivity index is 1.56. The molecule has 2 aromatic carbocycles. The molecule has 0 fully saturated rings. The van der Waals surface area contributed by atoms with Crippen LogP contribution in [0.2, 0.25) is 0 Å². The van der Waals surface area contributed by atoms with E-state index in [9.17, 15) is 14.9 Å². The van der Waals surface area contributed by atoms with Crippen molar-refractivity contribution in [1.29, 1.82) is 5.26 Å². The Labute approximate surface area is 221 Å². The van der Waals surface area contributed by atoms with Crippen LogP contribution >= 0.6 is 23.1 Å². The number of thioether (sulfide) groups is 1. The van der Waals surface area contributed by atoms with Crippen LogP contribution in [0.25, 0.3) is 0 Å². The summed E-state index contributed by atoms with van der Waals surface area (Å²) in [5, 5.41) is 16.0. The third kappa shape index (κ3) is 6.57. The fraction of sp³-hybridized carbons (Fsp3) is 0.345. The van der Waals surface area contributed by atoms with Crippen LogP contribution in [0.3, 0.4) is 0 Å². The first kappa shape index (κ1) is 26.0. The van der Waals surface area contributed by atoms with E-state index in [2.05, 4.69) is 16.7 Å². The van der Waals surface area contributed by atoms with Crippen molar-refractivity contribution < 1.29 is 9.59 Å². The molecule has 2 N–H and O–H groups in total. The molecule has 0 spiro atoms. The zero-order valence-corrected chi connectivity index (χ0v) is 22.5. The van der Waals surface area contributed by atoms with Crippen LogP contribution in [0.4, 0.5) is 10.7 Å². The van der Waals surface area contributed by atoms with Gasteiger partial charge in [0.1, 0.15) is 16.3 Å². The van der Waals surface area contributed by atoms with Crippen molar-refractivity contribution in [2.45, 2.75) is 63.0 Å². The Bertz CT molecular complexity index is 1290. The molecule has 2 amide bonds. The molecule has 1 aliphatic rings. The van der Waals surface area contributed by atoms with Gasteiger partial charge in [0, 0.05) is 21.9 Å². The summed E-state index contributed by atoms with van der Waals surface area (Å²) < 4.78 is 0. The number of thiophene rings is 1. The molecule has 1 heterocycles. The summed E-state index contributed by atoms with van der Waals surface area (Å²) in [5.74, 6) is -0.198. The molecule has 0 saturated carbocycles. The van der Waals surface area contributed by atoms with Gasteiger partial charge >= 0.3 is 0 Å². The molecule has 0 radical (unpaired) electrons. The number of nitriles is 1. The molecule has 0 bridgehead atoms. The second kappa shape index (κ2) is 11.3. The van der Waals surface area contributed by atoms with Crippen LogP contribution in [-0.4, -0.2) is 11.8 Å². The minimum absolute atomic E-state index is 0.0345. The first-order valence-electron chi connectivity index (χ1n) is 12.2. The summed E-state index contributed by atoms with van der Waals surface area (Å²) in [6, 6.07) is 19.6. The SMILES string of the molecule is CC(C)(C)CC(=O)Nc1cccc(SC(C(=O)Nc2sc3c(c2C#N)CCCC3)c2ccccc2)c1. The number of carbonyl (C=O) groups excluding carboxylic acids is 2. The first-order chi connectivity index (χ1) is 17.2. The molecule has 1 aliphatic carbocycles. The van der Waals surface area contributed by atoms with Gasteiger partial charge in [0.25, 0.3) is 0 Å². The maximum atomic E-state index is 13.6. The molecule has 7 heteroatoms. The Morgan fingerprint density at radius 3 is 2.53 bits per heavy atom. The van der Waals surface area contributed by atoms with Crippen LogP contribution < -0.4 is 10.6 Å². The van der Waals surface area contributed by atoms with E-state index in [1.165, 1.54) is 28.0 Å². The van der Waals surface area contributed by atoms with Gasteiger partial charge in [0.05, 0.1) is 5.56 Å². The second-order valence-corrected chi connectivity index (χ2v) is 12.5. The average molecular weight is 518 g/mol. The highest BCUT2D eigenvalue weighted by molar-refractivity contribution is 8.00. The lowest BCUT2D eigenvalue weighted by molar-refractivity contribution is -0.118. The van der Waals surface area contributed by atoms with Crippen molar-refractivity contribution >= 4 is 45.6 Å². The van der Waals surface area contributed by atoms with E-state index in [-0.39, 0.29) is 17.2 Å². The van der Waals surface area contributed by atoms with Gasteiger partial charge in [0.15, 0.2) is 0 Å². The van der Waals surface area contributed by atoms with Gasteiger partial charge in [-0.15, -0.1) is 23.1 Å². The molecule has 0 saturated heterocycles. The number of fused-ring (bicyclic) bond motifs is 1. The quantitative estimate of drug-likeness (QED) is 0.321. The predicted molar refractivity (Wildman–Crippen MR) is 148 cm³/mol. The van der Waals surface area contributed by atoms with Gasteiger partial charge in [0.2, 0.25) is 11.8 Å². The monoisotopic (exact) mass is 517 g/mol. The van der Waals surface area contributed by atoms with Crippen molar-refractivity contribution in [2.24, 2.45) is 5.41 Å².